The van der Waals surface area contributed by atoms with Crippen molar-refractivity contribution in [2.24, 2.45) is 7.05 Å². The van der Waals surface area contributed by atoms with E-state index in [9.17, 15) is 5.26 Å². The van der Waals surface area contributed by atoms with Gasteiger partial charge in [0.15, 0.2) is 0 Å². The Hall–Kier alpha value is -2.61. The molecule has 1 saturated carbocycles. The van der Waals surface area contributed by atoms with E-state index >= 15 is 0 Å². The van der Waals surface area contributed by atoms with E-state index in [1.165, 1.54) is 0 Å². The zero-order valence-electron chi connectivity index (χ0n) is 11.1. The molecule has 0 amide bonds. The van der Waals surface area contributed by atoms with Gasteiger partial charge in [0.05, 0.1) is 35.3 Å². The van der Waals surface area contributed by atoms with E-state index in [1.807, 2.05) is 30.1 Å². The molecule has 0 unspecified atom stereocenters. The van der Waals surface area contributed by atoms with E-state index in [1.54, 1.807) is 6.20 Å². The average molecular weight is 263 g/mol. The first-order chi connectivity index (χ1) is 9.72. The first-order valence-electron chi connectivity index (χ1n) is 6.60. The van der Waals surface area contributed by atoms with Crippen molar-refractivity contribution in [1.29, 1.82) is 5.26 Å². The van der Waals surface area contributed by atoms with Crippen LogP contribution in [-0.2, 0) is 12.5 Å². The van der Waals surface area contributed by atoms with Crippen molar-refractivity contribution in [3.05, 3.63) is 36.5 Å². The Morgan fingerprint density at radius 3 is 2.95 bits per heavy atom. The first-order valence-corrected chi connectivity index (χ1v) is 6.60. The van der Waals surface area contributed by atoms with E-state index < -0.39 is 0 Å². The summed E-state index contributed by atoms with van der Waals surface area (Å²) < 4.78 is 1.99. The van der Waals surface area contributed by atoms with E-state index in [2.05, 4.69) is 27.1 Å². The summed E-state index contributed by atoms with van der Waals surface area (Å²) in [6.07, 6.45) is 5.41. The molecule has 0 aliphatic heterocycles. The summed E-state index contributed by atoms with van der Waals surface area (Å²) in [5, 5.41) is 9.21. The fraction of sp³-hybridized carbons (Fsp3) is 0.267. The van der Waals surface area contributed by atoms with Crippen LogP contribution in [0.3, 0.4) is 0 Å². The third-order valence-electron chi connectivity index (χ3n) is 4.03. The topological polar surface area (TPSA) is 70.3 Å². The second-order valence-electron chi connectivity index (χ2n) is 5.40. The highest BCUT2D eigenvalue weighted by Gasteiger charge is 2.47. The maximum atomic E-state index is 9.21. The summed E-state index contributed by atoms with van der Waals surface area (Å²) in [6, 6.07) is 8.50. The maximum absolute atomic E-state index is 9.21. The Balaban J connectivity index is 1.78. The third kappa shape index (κ3) is 1.48. The van der Waals surface area contributed by atoms with Crippen molar-refractivity contribution in [1.82, 2.24) is 19.5 Å². The van der Waals surface area contributed by atoms with Crippen molar-refractivity contribution in [3.63, 3.8) is 0 Å². The molecule has 1 aromatic carbocycles. The van der Waals surface area contributed by atoms with Crippen LogP contribution in [0.15, 0.2) is 30.7 Å². The molecule has 2 aromatic heterocycles. The highest BCUT2D eigenvalue weighted by molar-refractivity contribution is 5.81. The van der Waals surface area contributed by atoms with Gasteiger partial charge in [0.25, 0.3) is 0 Å². The Morgan fingerprint density at radius 2 is 2.20 bits per heavy atom. The molecule has 0 radical (unpaired) electrons. The van der Waals surface area contributed by atoms with E-state index in [0.29, 0.717) is 0 Å². The number of imidazole rings is 2. The molecule has 2 heterocycles. The molecule has 4 rings (SSSR count). The SMILES string of the molecule is Cn1cnc2cc(-c3cnc(C4(C#N)CC4)[nH]3)ccc21. The molecule has 3 aromatic rings. The highest BCUT2D eigenvalue weighted by Crippen LogP contribution is 2.46. The van der Waals surface area contributed by atoms with Crippen LogP contribution in [0, 0.1) is 11.3 Å². The minimum absolute atomic E-state index is 0.368. The van der Waals surface area contributed by atoms with Crippen LogP contribution in [0.5, 0.6) is 0 Å². The molecule has 20 heavy (non-hydrogen) atoms. The number of aromatic amines is 1. The highest BCUT2D eigenvalue weighted by atomic mass is 15.0. The summed E-state index contributed by atoms with van der Waals surface area (Å²) in [5.41, 5.74) is 3.68. The quantitative estimate of drug-likeness (QED) is 0.772. The smallest absolute Gasteiger partial charge is 0.127 e. The molecule has 0 saturated heterocycles. The predicted molar refractivity (Wildman–Crippen MR) is 74.8 cm³/mol. The summed E-state index contributed by atoms with van der Waals surface area (Å²) in [6.45, 7) is 0. The van der Waals surface area contributed by atoms with Gasteiger partial charge in [-0.1, -0.05) is 6.07 Å². The summed E-state index contributed by atoms with van der Waals surface area (Å²) in [4.78, 5) is 12.0. The lowest BCUT2D eigenvalue weighted by molar-refractivity contribution is 0.822. The van der Waals surface area contributed by atoms with Gasteiger partial charge >= 0.3 is 0 Å². The number of aryl methyl sites for hydroxylation is 1. The Labute approximate surface area is 115 Å². The number of H-pyrrole nitrogens is 1. The molecule has 0 spiro atoms. The van der Waals surface area contributed by atoms with Crippen LogP contribution in [-0.4, -0.2) is 19.5 Å². The molecule has 0 atom stereocenters. The summed E-state index contributed by atoms with van der Waals surface area (Å²) in [7, 11) is 1.98. The number of rotatable bonds is 2. The largest absolute Gasteiger partial charge is 0.341 e. The van der Waals surface area contributed by atoms with Crippen molar-refractivity contribution in [2.45, 2.75) is 18.3 Å². The lowest BCUT2D eigenvalue weighted by Crippen LogP contribution is -2.04. The van der Waals surface area contributed by atoms with Crippen molar-refractivity contribution in [2.75, 3.05) is 0 Å². The minimum atomic E-state index is -0.368. The van der Waals surface area contributed by atoms with Gasteiger partial charge in [0.2, 0.25) is 0 Å². The van der Waals surface area contributed by atoms with E-state index in [4.69, 9.17) is 0 Å². The fourth-order valence-corrected chi connectivity index (χ4v) is 2.54. The number of nitriles is 1. The lowest BCUT2D eigenvalue weighted by atomic mass is 10.1. The third-order valence-corrected chi connectivity index (χ3v) is 4.03. The van der Waals surface area contributed by atoms with Crippen LogP contribution in [0.2, 0.25) is 0 Å². The number of fused-ring (bicyclic) bond motifs is 1. The Morgan fingerprint density at radius 1 is 1.35 bits per heavy atom. The molecule has 1 fully saturated rings. The van der Waals surface area contributed by atoms with E-state index in [0.717, 1.165) is 41.0 Å². The van der Waals surface area contributed by atoms with Gasteiger partial charge in [0.1, 0.15) is 11.2 Å². The van der Waals surface area contributed by atoms with Crippen LogP contribution in [0.4, 0.5) is 0 Å². The van der Waals surface area contributed by atoms with Gasteiger partial charge < -0.3 is 9.55 Å². The van der Waals surface area contributed by atoms with E-state index in [-0.39, 0.29) is 5.41 Å². The van der Waals surface area contributed by atoms with Gasteiger partial charge in [-0.2, -0.15) is 5.26 Å². The van der Waals surface area contributed by atoms with Gasteiger partial charge in [0, 0.05) is 12.6 Å². The van der Waals surface area contributed by atoms with Crippen molar-refractivity contribution < 1.29 is 0 Å². The van der Waals surface area contributed by atoms with Crippen LogP contribution >= 0.6 is 0 Å². The van der Waals surface area contributed by atoms with Gasteiger partial charge in [-0.15, -0.1) is 0 Å². The fourth-order valence-electron chi connectivity index (χ4n) is 2.54. The number of aromatic nitrogens is 4. The Bertz CT molecular complexity index is 845. The number of hydrogen-bond acceptors (Lipinski definition) is 3. The molecule has 1 aliphatic carbocycles. The normalized spacial score (nSPS) is 16.2. The monoisotopic (exact) mass is 263 g/mol. The zero-order chi connectivity index (χ0) is 13.7. The number of benzene rings is 1. The molecular weight excluding hydrogens is 250 g/mol. The number of hydrogen-bond donors (Lipinski definition) is 1. The number of nitrogens with zero attached hydrogens (tertiary/aromatic N) is 4. The molecule has 5 nitrogen and oxygen atoms in total. The number of nitrogens with one attached hydrogen (secondary N) is 1. The molecule has 98 valence electrons. The molecule has 1 aliphatic rings. The van der Waals surface area contributed by atoms with Gasteiger partial charge in [-0.3, -0.25) is 0 Å². The lowest BCUT2D eigenvalue weighted by Gasteiger charge is -2.01. The average Bonchev–Trinajstić information content (AvgIpc) is 2.96. The summed E-state index contributed by atoms with van der Waals surface area (Å²) in [5.74, 6) is 0.788. The molecule has 0 bridgehead atoms. The van der Waals surface area contributed by atoms with Gasteiger partial charge in [-0.05, 0) is 25.0 Å². The predicted octanol–water partition coefficient (Wildman–Crippen LogP) is 2.52. The van der Waals surface area contributed by atoms with Crippen LogP contribution in [0.1, 0.15) is 18.7 Å². The standard InChI is InChI=1S/C15H13N5/c1-20-9-18-11-6-10(2-3-13(11)20)12-7-17-14(19-12)15(8-16)4-5-15/h2-3,6-7,9H,4-5H2,1H3,(H,17,19). The second kappa shape index (κ2) is 3.70. The Kier molecular flexibility index (Phi) is 2.08. The van der Waals surface area contributed by atoms with Gasteiger partial charge in [-0.25, -0.2) is 9.97 Å². The second-order valence-corrected chi connectivity index (χ2v) is 5.40. The molecule has 1 N–H and O–H groups in total. The minimum Gasteiger partial charge on any atom is -0.341 e. The maximum Gasteiger partial charge on any atom is 0.127 e. The first kappa shape index (κ1) is 11.2. The van der Waals surface area contributed by atoms with Crippen molar-refractivity contribution in [3.8, 4) is 17.3 Å². The molecule has 5 heteroatoms. The van der Waals surface area contributed by atoms with Crippen molar-refractivity contribution >= 4 is 11.0 Å². The summed E-state index contributed by atoms with van der Waals surface area (Å²) >= 11 is 0. The van der Waals surface area contributed by atoms with Crippen LogP contribution in [0.25, 0.3) is 22.3 Å². The van der Waals surface area contributed by atoms with Crippen LogP contribution < -0.4 is 0 Å². The molecular formula is C15H13N5. The zero-order valence-corrected chi connectivity index (χ0v) is 11.1.